The average Bonchev–Trinajstić information content (AvgIpc) is 2.89. The molecular formula is C17H32N2. The predicted molar refractivity (Wildman–Crippen MR) is 81.0 cm³/mol. The number of likely N-dealkylation sites (N-methyl/N-ethyl adjacent to an activating group) is 1. The van der Waals surface area contributed by atoms with E-state index in [9.17, 15) is 0 Å². The Kier molecular flexibility index (Phi) is 3.92. The molecule has 5 unspecified atom stereocenters. The van der Waals surface area contributed by atoms with Crippen LogP contribution < -0.4 is 5.73 Å². The molecule has 3 aliphatic rings. The summed E-state index contributed by atoms with van der Waals surface area (Å²) in [6, 6.07) is 0. The second kappa shape index (κ2) is 5.37. The Morgan fingerprint density at radius 1 is 1.21 bits per heavy atom. The second-order valence-electron chi connectivity index (χ2n) is 8.20. The molecule has 0 amide bonds. The first-order chi connectivity index (χ1) is 9.04. The molecule has 0 saturated heterocycles. The molecule has 3 rings (SSSR count). The van der Waals surface area contributed by atoms with Gasteiger partial charge in [-0.15, -0.1) is 0 Å². The summed E-state index contributed by atoms with van der Waals surface area (Å²) in [7, 11) is 2.31. The Labute approximate surface area is 119 Å². The standard InChI is InChI=1S/C17H32N2/c1-13-4-3-7-17(18,10-13)12-19(2)11-16-9-14-5-6-15(16)8-14/h13-16H,3-12,18H2,1-2H3. The van der Waals surface area contributed by atoms with Crippen molar-refractivity contribution in [3.05, 3.63) is 0 Å². The van der Waals surface area contributed by atoms with E-state index in [-0.39, 0.29) is 5.54 Å². The number of nitrogens with zero attached hydrogens (tertiary/aromatic N) is 1. The van der Waals surface area contributed by atoms with Gasteiger partial charge in [-0.1, -0.05) is 26.2 Å². The third-order valence-electron chi connectivity index (χ3n) is 6.14. The van der Waals surface area contributed by atoms with Crippen molar-refractivity contribution in [3.8, 4) is 0 Å². The van der Waals surface area contributed by atoms with E-state index < -0.39 is 0 Å². The van der Waals surface area contributed by atoms with Crippen LogP contribution in [0.5, 0.6) is 0 Å². The molecule has 110 valence electrons. The number of rotatable bonds is 4. The lowest BCUT2D eigenvalue weighted by Gasteiger charge is -2.40. The van der Waals surface area contributed by atoms with E-state index in [1.54, 1.807) is 0 Å². The van der Waals surface area contributed by atoms with Gasteiger partial charge < -0.3 is 10.6 Å². The van der Waals surface area contributed by atoms with Gasteiger partial charge >= 0.3 is 0 Å². The number of hydrogen-bond donors (Lipinski definition) is 1. The van der Waals surface area contributed by atoms with Crippen LogP contribution in [0.4, 0.5) is 0 Å². The van der Waals surface area contributed by atoms with Crippen molar-refractivity contribution >= 4 is 0 Å². The molecule has 0 radical (unpaired) electrons. The molecule has 2 heteroatoms. The van der Waals surface area contributed by atoms with Gasteiger partial charge in [-0.3, -0.25) is 0 Å². The Balaban J connectivity index is 1.49. The molecule has 3 saturated carbocycles. The lowest BCUT2D eigenvalue weighted by molar-refractivity contribution is 0.142. The zero-order valence-corrected chi connectivity index (χ0v) is 12.9. The van der Waals surface area contributed by atoms with Crippen LogP contribution in [0.2, 0.25) is 0 Å². The van der Waals surface area contributed by atoms with Gasteiger partial charge in [-0.2, -0.15) is 0 Å². The van der Waals surface area contributed by atoms with Crippen LogP contribution in [0.1, 0.15) is 58.3 Å². The molecule has 19 heavy (non-hydrogen) atoms. The third-order valence-corrected chi connectivity index (χ3v) is 6.14. The lowest BCUT2D eigenvalue weighted by Crippen LogP contribution is -2.52. The van der Waals surface area contributed by atoms with Gasteiger partial charge in [0.1, 0.15) is 0 Å². The normalized spacial score (nSPS) is 46.1. The zero-order valence-electron chi connectivity index (χ0n) is 12.9. The van der Waals surface area contributed by atoms with E-state index in [2.05, 4.69) is 18.9 Å². The summed E-state index contributed by atoms with van der Waals surface area (Å²) in [5.41, 5.74) is 6.76. The van der Waals surface area contributed by atoms with E-state index in [4.69, 9.17) is 5.73 Å². The highest BCUT2D eigenvalue weighted by Crippen LogP contribution is 2.48. The minimum atomic E-state index is 0.101. The molecule has 0 aliphatic heterocycles. The van der Waals surface area contributed by atoms with Gasteiger partial charge in [0.05, 0.1) is 0 Å². The molecular weight excluding hydrogens is 232 g/mol. The van der Waals surface area contributed by atoms with Crippen molar-refractivity contribution in [2.24, 2.45) is 29.4 Å². The Hall–Kier alpha value is -0.0800. The fourth-order valence-electron chi connectivity index (χ4n) is 5.45. The van der Waals surface area contributed by atoms with Crippen LogP contribution in [0, 0.1) is 23.7 Å². The third kappa shape index (κ3) is 3.16. The van der Waals surface area contributed by atoms with Gasteiger partial charge in [-0.05, 0) is 62.8 Å². The Bertz CT molecular complexity index is 316. The van der Waals surface area contributed by atoms with Gasteiger partial charge in [0.25, 0.3) is 0 Å². The van der Waals surface area contributed by atoms with Crippen molar-refractivity contribution in [3.63, 3.8) is 0 Å². The smallest absolute Gasteiger partial charge is 0.0285 e. The highest BCUT2D eigenvalue weighted by atomic mass is 15.1. The van der Waals surface area contributed by atoms with E-state index in [1.807, 2.05) is 0 Å². The highest BCUT2D eigenvalue weighted by molar-refractivity contribution is 4.94. The van der Waals surface area contributed by atoms with E-state index in [0.29, 0.717) is 0 Å². The number of fused-ring (bicyclic) bond motifs is 2. The molecule has 0 heterocycles. The molecule has 0 spiro atoms. The first-order valence-electron chi connectivity index (χ1n) is 8.51. The van der Waals surface area contributed by atoms with Crippen LogP contribution in [0.25, 0.3) is 0 Å². The predicted octanol–water partition coefficient (Wildman–Crippen LogP) is 3.26. The summed E-state index contributed by atoms with van der Waals surface area (Å²) in [4.78, 5) is 2.56. The van der Waals surface area contributed by atoms with Crippen LogP contribution >= 0.6 is 0 Å². The maximum atomic E-state index is 6.66. The molecule has 3 aliphatic carbocycles. The minimum absolute atomic E-state index is 0.101. The maximum absolute atomic E-state index is 6.66. The van der Waals surface area contributed by atoms with Crippen molar-refractivity contribution in [2.45, 2.75) is 63.8 Å². The van der Waals surface area contributed by atoms with Gasteiger partial charge in [0.2, 0.25) is 0 Å². The Morgan fingerprint density at radius 2 is 2.05 bits per heavy atom. The van der Waals surface area contributed by atoms with Crippen LogP contribution in [-0.2, 0) is 0 Å². The summed E-state index contributed by atoms with van der Waals surface area (Å²) in [6.07, 6.45) is 11.2. The average molecular weight is 264 g/mol. The number of hydrogen-bond acceptors (Lipinski definition) is 2. The summed E-state index contributed by atoms with van der Waals surface area (Å²) in [5, 5.41) is 0. The van der Waals surface area contributed by atoms with Gasteiger partial charge in [0, 0.05) is 18.6 Å². The van der Waals surface area contributed by atoms with Crippen LogP contribution in [-0.4, -0.2) is 30.6 Å². The fraction of sp³-hybridized carbons (Fsp3) is 1.00. The molecule has 2 nitrogen and oxygen atoms in total. The first-order valence-corrected chi connectivity index (χ1v) is 8.51. The van der Waals surface area contributed by atoms with Crippen LogP contribution in [0.3, 0.4) is 0 Å². The van der Waals surface area contributed by atoms with Crippen molar-refractivity contribution in [1.29, 1.82) is 0 Å². The van der Waals surface area contributed by atoms with E-state index in [0.717, 1.165) is 30.2 Å². The summed E-state index contributed by atoms with van der Waals surface area (Å²) >= 11 is 0. The molecule has 5 atom stereocenters. The van der Waals surface area contributed by atoms with Gasteiger partial charge in [-0.25, -0.2) is 0 Å². The van der Waals surface area contributed by atoms with Crippen molar-refractivity contribution in [1.82, 2.24) is 4.90 Å². The van der Waals surface area contributed by atoms with E-state index in [1.165, 1.54) is 57.9 Å². The zero-order chi connectivity index (χ0) is 13.5. The molecule has 0 aromatic carbocycles. The lowest BCUT2D eigenvalue weighted by atomic mass is 9.76. The SMILES string of the molecule is CC1CCCC(N)(CN(C)CC2CC3CCC2C3)C1. The Morgan fingerprint density at radius 3 is 2.68 bits per heavy atom. The molecule has 2 bridgehead atoms. The molecule has 0 aromatic heterocycles. The molecule has 0 aromatic rings. The molecule has 2 N–H and O–H groups in total. The second-order valence-corrected chi connectivity index (χ2v) is 8.20. The maximum Gasteiger partial charge on any atom is 0.0285 e. The summed E-state index contributed by atoms with van der Waals surface area (Å²) < 4.78 is 0. The highest BCUT2D eigenvalue weighted by Gasteiger charge is 2.40. The van der Waals surface area contributed by atoms with E-state index >= 15 is 0 Å². The van der Waals surface area contributed by atoms with Crippen LogP contribution in [0.15, 0.2) is 0 Å². The first kappa shape index (κ1) is 13.9. The fourth-order valence-corrected chi connectivity index (χ4v) is 5.45. The summed E-state index contributed by atoms with van der Waals surface area (Å²) in [5.74, 6) is 3.93. The molecule has 3 fully saturated rings. The topological polar surface area (TPSA) is 29.3 Å². The van der Waals surface area contributed by atoms with Crippen molar-refractivity contribution in [2.75, 3.05) is 20.1 Å². The quantitative estimate of drug-likeness (QED) is 0.844. The number of nitrogens with two attached hydrogens (primary N) is 1. The minimum Gasteiger partial charge on any atom is -0.324 e. The van der Waals surface area contributed by atoms with Gasteiger partial charge in [0.15, 0.2) is 0 Å². The van der Waals surface area contributed by atoms with Crippen molar-refractivity contribution < 1.29 is 0 Å². The largest absolute Gasteiger partial charge is 0.324 e. The monoisotopic (exact) mass is 264 g/mol. The summed E-state index contributed by atoms with van der Waals surface area (Å²) in [6.45, 7) is 4.79.